The largest absolute Gasteiger partial charge is 0.406 e. The number of piperidine rings is 1. The van der Waals surface area contributed by atoms with Gasteiger partial charge in [-0.05, 0) is 37.4 Å². The lowest BCUT2D eigenvalue weighted by molar-refractivity contribution is 0.134. The van der Waals surface area contributed by atoms with E-state index in [1.54, 1.807) is 0 Å². The summed E-state index contributed by atoms with van der Waals surface area (Å²) < 4.78 is 5.61. The maximum Gasteiger partial charge on any atom is 0.315 e. The van der Waals surface area contributed by atoms with Crippen LogP contribution < -0.4 is 11.1 Å². The van der Waals surface area contributed by atoms with Gasteiger partial charge in [0.25, 0.3) is 0 Å². The van der Waals surface area contributed by atoms with Crippen LogP contribution in [0.3, 0.4) is 0 Å². The molecular weight excluding hydrogens is 306 g/mol. The standard InChI is InChI=1S/C17H25N5O2/c18-15(14-4-2-1-3-5-14)16-20-21-17(24-16)19-8-11-22-9-6-13(12-23)7-10-22/h1-5,13,15,23H,6-12,18H2,(H,19,21)/t15-/m1/s1. The van der Waals surface area contributed by atoms with E-state index in [4.69, 9.17) is 15.3 Å². The number of rotatable bonds is 7. The summed E-state index contributed by atoms with van der Waals surface area (Å²) in [6.45, 7) is 4.02. The van der Waals surface area contributed by atoms with Gasteiger partial charge in [0.2, 0.25) is 5.89 Å². The minimum Gasteiger partial charge on any atom is -0.406 e. The van der Waals surface area contributed by atoms with Gasteiger partial charge in [-0.2, -0.15) is 0 Å². The van der Waals surface area contributed by atoms with E-state index >= 15 is 0 Å². The van der Waals surface area contributed by atoms with Crippen molar-refractivity contribution in [2.45, 2.75) is 18.9 Å². The van der Waals surface area contributed by atoms with Gasteiger partial charge in [0.05, 0.1) is 0 Å². The zero-order valence-corrected chi connectivity index (χ0v) is 13.8. The number of benzene rings is 1. The molecule has 1 saturated heterocycles. The van der Waals surface area contributed by atoms with Crippen molar-refractivity contribution in [1.82, 2.24) is 15.1 Å². The molecule has 1 aliphatic rings. The topological polar surface area (TPSA) is 100 Å². The predicted octanol–water partition coefficient (Wildman–Crippen LogP) is 1.23. The van der Waals surface area contributed by atoms with Crippen LogP contribution in [0.1, 0.15) is 30.3 Å². The molecule has 2 aromatic rings. The highest BCUT2D eigenvalue weighted by molar-refractivity contribution is 5.25. The normalized spacial score (nSPS) is 17.8. The second kappa shape index (κ2) is 8.23. The first-order valence-corrected chi connectivity index (χ1v) is 8.47. The Bertz CT molecular complexity index is 610. The van der Waals surface area contributed by atoms with E-state index in [9.17, 15) is 0 Å². The molecule has 0 amide bonds. The Kier molecular flexibility index (Phi) is 5.79. The fourth-order valence-electron chi connectivity index (χ4n) is 2.95. The number of likely N-dealkylation sites (tertiary alicyclic amines) is 1. The lowest BCUT2D eigenvalue weighted by Crippen LogP contribution is -2.37. The van der Waals surface area contributed by atoms with Crippen molar-refractivity contribution in [3.8, 4) is 0 Å². The average Bonchev–Trinajstić information content (AvgIpc) is 3.11. The highest BCUT2D eigenvalue weighted by Crippen LogP contribution is 2.19. The summed E-state index contributed by atoms with van der Waals surface area (Å²) in [7, 11) is 0. The third-order valence-corrected chi connectivity index (χ3v) is 4.53. The Balaban J connectivity index is 1.45. The molecule has 24 heavy (non-hydrogen) atoms. The summed E-state index contributed by atoms with van der Waals surface area (Å²) >= 11 is 0. The van der Waals surface area contributed by atoms with Gasteiger partial charge in [0.1, 0.15) is 6.04 Å². The molecule has 0 saturated carbocycles. The molecule has 130 valence electrons. The van der Waals surface area contributed by atoms with Crippen molar-refractivity contribution in [3.05, 3.63) is 41.8 Å². The van der Waals surface area contributed by atoms with E-state index in [1.807, 2.05) is 30.3 Å². The van der Waals surface area contributed by atoms with Crippen LogP contribution >= 0.6 is 0 Å². The van der Waals surface area contributed by atoms with E-state index in [0.717, 1.165) is 44.6 Å². The molecular formula is C17H25N5O2. The maximum absolute atomic E-state index is 9.16. The predicted molar refractivity (Wildman–Crippen MR) is 91.5 cm³/mol. The molecule has 4 N–H and O–H groups in total. The summed E-state index contributed by atoms with van der Waals surface area (Å²) in [4.78, 5) is 2.38. The number of hydrogen-bond acceptors (Lipinski definition) is 7. The lowest BCUT2D eigenvalue weighted by Gasteiger charge is -2.30. The first kappa shape index (κ1) is 16.9. The van der Waals surface area contributed by atoms with Crippen LogP contribution in [-0.2, 0) is 0 Å². The van der Waals surface area contributed by atoms with Crippen LogP contribution in [0.5, 0.6) is 0 Å². The second-order valence-electron chi connectivity index (χ2n) is 6.23. The summed E-state index contributed by atoms with van der Waals surface area (Å²) in [6, 6.07) is 9.69. The minimum absolute atomic E-state index is 0.304. The number of nitrogens with one attached hydrogen (secondary N) is 1. The van der Waals surface area contributed by atoms with Crippen molar-refractivity contribution in [2.75, 3.05) is 38.1 Å². The van der Waals surface area contributed by atoms with E-state index in [0.29, 0.717) is 24.4 Å². The molecule has 1 aliphatic heterocycles. The molecule has 7 nitrogen and oxygen atoms in total. The lowest BCUT2D eigenvalue weighted by atomic mass is 9.98. The SMILES string of the molecule is N[C@H](c1ccccc1)c1nnc(NCCN2CCC(CO)CC2)o1. The van der Waals surface area contributed by atoms with Crippen molar-refractivity contribution in [2.24, 2.45) is 11.7 Å². The molecule has 0 radical (unpaired) electrons. The zero-order valence-electron chi connectivity index (χ0n) is 13.8. The molecule has 1 atom stereocenters. The van der Waals surface area contributed by atoms with Crippen LogP contribution in [-0.4, -0.2) is 53.0 Å². The van der Waals surface area contributed by atoms with Gasteiger partial charge >= 0.3 is 6.01 Å². The number of nitrogens with two attached hydrogens (primary N) is 1. The van der Waals surface area contributed by atoms with E-state index in [-0.39, 0.29) is 0 Å². The summed E-state index contributed by atoms with van der Waals surface area (Å²) in [5.41, 5.74) is 7.09. The Morgan fingerprint density at radius 2 is 2.00 bits per heavy atom. The monoisotopic (exact) mass is 331 g/mol. The Morgan fingerprint density at radius 3 is 2.71 bits per heavy atom. The number of nitrogens with zero attached hydrogens (tertiary/aromatic N) is 3. The van der Waals surface area contributed by atoms with Crippen LogP contribution in [0.15, 0.2) is 34.7 Å². The number of aromatic nitrogens is 2. The van der Waals surface area contributed by atoms with Gasteiger partial charge in [-0.1, -0.05) is 35.4 Å². The third kappa shape index (κ3) is 4.31. The first-order valence-electron chi connectivity index (χ1n) is 8.47. The molecule has 0 unspecified atom stereocenters. The summed E-state index contributed by atoms with van der Waals surface area (Å²) in [5.74, 6) is 0.875. The van der Waals surface area contributed by atoms with E-state index < -0.39 is 6.04 Å². The smallest absolute Gasteiger partial charge is 0.315 e. The number of anilines is 1. The third-order valence-electron chi connectivity index (χ3n) is 4.53. The van der Waals surface area contributed by atoms with Gasteiger partial charge in [-0.3, -0.25) is 0 Å². The van der Waals surface area contributed by atoms with Crippen LogP contribution in [0.4, 0.5) is 6.01 Å². The fraction of sp³-hybridized carbons (Fsp3) is 0.529. The number of aliphatic hydroxyl groups excluding tert-OH is 1. The minimum atomic E-state index is -0.410. The highest BCUT2D eigenvalue weighted by atomic mass is 16.4. The number of aliphatic hydroxyl groups is 1. The Morgan fingerprint density at radius 1 is 1.25 bits per heavy atom. The van der Waals surface area contributed by atoms with Crippen molar-refractivity contribution in [1.29, 1.82) is 0 Å². The molecule has 0 bridgehead atoms. The molecule has 1 aromatic heterocycles. The summed E-state index contributed by atoms with van der Waals surface area (Å²) in [6.07, 6.45) is 2.13. The molecule has 1 fully saturated rings. The molecule has 7 heteroatoms. The quantitative estimate of drug-likeness (QED) is 0.701. The van der Waals surface area contributed by atoms with Gasteiger partial charge in [0.15, 0.2) is 0 Å². The van der Waals surface area contributed by atoms with Crippen LogP contribution in [0.2, 0.25) is 0 Å². The molecule has 2 heterocycles. The molecule has 1 aromatic carbocycles. The Labute approximate surface area is 141 Å². The van der Waals surface area contributed by atoms with Gasteiger partial charge in [-0.15, -0.1) is 5.10 Å². The fourth-order valence-corrected chi connectivity index (χ4v) is 2.95. The van der Waals surface area contributed by atoms with Crippen LogP contribution in [0, 0.1) is 5.92 Å². The molecule has 0 aliphatic carbocycles. The van der Waals surface area contributed by atoms with Crippen LogP contribution in [0.25, 0.3) is 0 Å². The highest BCUT2D eigenvalue weighted by Gasteiger charge is 2.19. The zero-order chi connectivity index (χ0) is 16.8. The van der Waals surface area contributed by atoms with E-state index in [1.165, 1.54) is 0 Å². The molecule has 3 rings (SSSR count). The number of hydrogen-bond donors (Lipinski definition) is 3. The van der Waals surface area contributed by atoms with E-state index in [2.05, 4.69) is 20.4 Å². The van der Waals surface area contributed by atoms with Gasteiger partial charge in [0, 0.05) is 19.7 Å². The second-order valence-corrected chi connectivity index (χ2v) is 6.23. The Hall–Kier alpha value is -1.96. The summed E-state index contributed by atoms with van der Waals surface area (Å²) in [5, 5.41) is 20.4. The van der Waals surface area contributed by atoms with Gasteiger partial charge < -0.3 is 25.5 Å². The van der Waals surface area contributed by atoms with Crippen molar-refractivity contribution < 1.29 is 9.52 Å². The van der Waals surface area contributed by atoms with Crippen molar-refractivity contribution in [3.63, 3.8) is 0 Å². The maximum atomic E-state index is 9.16. The van der Waals surface area contributed by atoms with Gasteiger partial charge in [-0.25, -0.2) is 0 Å². The first-order chi connectivity index (χ1) is 11.8. The molecule has 0 spiro atoms. The van der Waals surface area contributed by atoms with Crippen molar-refractivity contribution >= 4 is 6.01 Å². The average molecular weight is 331 g/mol.